The van der Waals surface area contributed by atoms with Crippen molar-refractivity contribution in [3.8, 4) is 0 Å². The normalized spacial score (nSPS) is 22.8. The monoisotopic (exact) mass is 339 g/mol. The van der Waals surface area contributed by atoms with Crippen LogP contribution in [0.3, 0.4) is 0 Å². The number of hydrogen-bond acceptors (Lipinski definition) is 1. The van der Waals surface area contributed by atoms with Gasteiger partial charge < -0.3 is 9.67 Å². The maximum atomic E-state index is 11.7. The number of nitrogens with zero attached hydrogens (tertiary/aromatic N) is 1. The molecule has 2 aromatic rings. The second-order valence-electron chi connectivity index (χ2n) is 7.45. The van der Waals surface area contributed by atoms with E-state index in [-0.39, 0.29) is 11.8 Å². The molecule has 3 nitrogen and oxygen atoms in total. The summed E-state index contributed by atoms with van der Waals surface area (Å²) in [4.78, 5) is 11.7. The van der Waals surface area contributed by atoms with Gasteiger partial charge in [-0.05, 0) is 49.1 Å². The predicted octanol–water partition coefficient (Wildman–Crippen LogP) is 5.32. The molecule has 2 atom stereocenters. The van der Waals surface area contributed by atoms with Crippen molar-refractivity contribution in [2.75, 3.05) is 0 Å². The summed E-state index contributed by atoms with van der Waals surface area (Å²) >= 11 is 0. The molecule has 0 aliphatic heterocycles. The highest BCUT2D eigenvalue weighted by Crippen LogP contribution is 2.51. The van der Waals surface area contributed by atoms with Gasteiger partial charge in [0.05, 0.1) is 11.9 Å². The molecule has 3 heteroatoms. The first-order valence-electron chi connectivity index (χ1n) is 9.42. The van der Waals surface area contributed by atoms with Gasteiger partial charge in [0.1, 0.15) is 0 Å². The highest BCUT2D eigenvalue weighted by Gasteiger charge is 2.43. The molecule has 0 amide bonds. The van der Waals surface area contributed by atoms with Crippen LogP contribution in [0.2, 0.25) is 0 Å². The molecule has 3 rings (SSSR count). The Hall–Kier alpha value is -2.03. The summed E-state index contributed by atoms with van der Waals surface area (Å²) in [7, 11) is 2.13. The molecule has 1 aliphatic carbocycles. The Morgan fingerprint density at radius 3 is 2.80 bits per heavy atom. The molecule has 0 radical (unpaired) electrons. The van der Waals surface area contributed by atoms with Gasteiger partial charge in [0.2, 0.25) is 0 Å². The average Bonchev–Trinajstić information content (AvgIpc) is 2.91. The molecule has 0 fully saturated rings. The molecule has 0 spiro atoms. The number of fused-ring (bicyclic) bond motifs is 3. The predicted molar refractivity (Wildman–Crippen MR) is 103 cm³/mol. The molecule has 0 bridgehead atoms. The Labute approximate surface area is 150 Å². The first kappa shape index (κ1) is 17.8. The standard InChI is InChI=1S/C22H29NO2/c1-5-9-16-12-13-22(7-3,14-18(24)25)21-19(16)17-11-8-10-15(6-2)20(17)23(21)4/h5,8,10-11,16H,1,6-7,9,12-14H2,2-4H3,(H,24,25)/t16-,22-/m0/s1. The molecule has 1 aromatic heterocycles. The van der Waals surface area contributed by atoms with Crippen molar-refractivity contribution >= 4 is 16.9 Å². The van der Waals surface area contributed by atoms with Gasteiger partial charge in [-0.25, -0.2) is 0 Å². The summed E-state index contributed by atoms with van der Waals surface area (Å²) in [5, 5.41) is 10.9. The van der Waals surface area contributed by atoms with Crippen LogP contribution in [-0.4, -0.2) is 15.6 Å². The van der Waals surface area contributed by atoms with Crippen molar-refractivity contribution in [3.05, 3.63) is 47.7 Å². The lowest BCUT2D eigenvalue weighted by atomic mass is 9.65. The molecule has 0 unspecified atom stereocenters. The lowest BCUT2D eigenvalue weighted by molar-refractivity contribution is -0.138. The van der Waals surface area contributed by atoms with Crippen LogP contribution in [0.5, 0.6) is 0 Å². The van der Waals surface area contributed by atoms with Crippen molar-refractivity contribution in [1.29, 1.82) is 0 Å². The van der Waals surface area contributed by atoms with E-state index in [0.29, 0.717) is 5.92 Å². The molecular weight excluding hydrogens is 310 g/mol. The van der Waals surface area contributed by atoms with Crippen LogP contribution in [0.4, 0.5) is 0 Å². The van der Waals surface area contributed by atoms with Gasteiger partial charge >= 0.3 is 5.97 Å². The van der Waals surface area contributed by atoms with Crippen molar-refractivity contribution in [2.24, 2.45) is 7.05 Å². The smallest absolute Gasteiger partial charge is 0.304 e. The summed E-state index contributed by atoms with van der Waals surface area (Å²) in [6, 6.07) is 6.56. The van der Waals surface area contributed by atoms with Gasteiger partial charge in [-0.15, -0.1) is 6.58 Å². The van der Waals surface area contributed by atoms with Gasteiger partial charge in [-0.3, -0.25) is 4.79 Å². The third-order valence-corrected chi connectivity index (χ3v) is 6.22. The number of benzene rings is 1. The lowest BCUT2D eigenvalue weighted by Gasteiger charge is -2.40. The van der Waals surface area contributed by atoms with Crippen molar-refractivity contribution in [2.45, 2.75) is 63.7 Å². The van der Waals surface area contributed by atoms with E-state index < -0.39 is 5.97 Å². The van der Waals surface area contributed by atoms with Crippen LogP contribution < -0.4 is 0 Å². The number of carbonyl (C=O) groups is 1. The van der Waals surface area contributed by atoms with Crippen LogP contribution >= 0.6 is 0 Å². The first-order chi connectivity index (χ1) is 12.0. The van der Waals surface area contributed by atoms with Crippen LogP contribution in [0.1, 0.15) is 68.7 Å². The fourth-order valence-electron chi connectivity index (χ4n) is 5.05. The lowest BCUT2D eigenvalue weighted by Crippen LogP contribution is -2.36. The van der Waals surface area contributed by atoms with Crippen molar-refractivity contribution < 1.29 is 9.90 Å². The van der Waals surface area contributed by atoms with E-state index in [9.17, 15) is 9.90 Å². The zero-order valence-electron chi connectivity index (χ0n) is 15.6. The molecule has 1 heterocycles. The second kappa shape index (κ2) is 6.70. The summed E-state index contributed by atoms with van der Waals surface area (Å²) in [5.41, 5.74) is 4.99. The minimum Gasteiger partial charge on any atom is -0.481 e. The van der Waals surface area contributed by atoms with E-state index in [1.54, 1.807) is 0 Å². The Balaban J connectivity index is 2.37. The topological polar surface area (TPSA) is 42.2 Å². The number of allylic oxidation sites excluding steroid dienone is 1. The molecule has 25 heavy (non-hydrogen) atoms. The van der Waals surface area contributed by atoms with Crippen molar-refractivity contribution in [3.63, 3.8) is 0 Å². The number of aliphatic carboxylic acids is 1. The third-order valence-electron chi connectivity index (χ3n) is 6.22. The Bertz CT molecular complexity index is 817. The van der Waals surface area contributed by atoms with E-state index >= 15 is 0 Å². The summed E-state index contributed by atoms with van der Waals surface area (Å²) in [6.45, 7) is 8.28. The molecule has 1 N–H and O–H groups in total. The Kier molecular flexibility index (Phi) is 4.77. The number of carboxylic acids is 1. The molecule has 1 aliphatic rings. The zero-order chi connectivity index (χ0) is 18.2. The number of rotatable bonds is 6. The Morgan fingerprint density at radius 2 is 2.20 bits per heavy atom. The third kappa shape index (κ3) is 2.70. The van der Waals surface area contributed by atoms with Gasteiger partial charge in [0, 0.05) is 23.5 Å². The minimum absolute atomic E-state index is 0.211. The maximum absolute atomic E-state index is 11.7. The van der Waals surface area contributed by atoms with Crippen molar-refractivity contribution in [1.82, 2.24) is 4.57 Å². The van der Waals surface area contributed by atoms with E-state index in [2.05, 4.69) is 50.2 Å². The first-order valence-corrected chi connectivity index (χ1v) is 9.42. The molecular formula is C22H29NO2. The van der Waals surface area contributed by atoms with Gasteiger partial charge in [0.15, 0.2) is 0 Å². The number of aryl methyl sites for hydroxylation is 2. The van der Waals surface area contributed by atoms with Crippen LogP contribution in [-0.2, 0) is 23.7 Å². The van der Waals surface area contributed by atoms with E-state index in [1.165, 1.54) is 27.7 Å². The molecule has 134 valence electrons. The van der Waals surface area contributed by atoms with Crippen LogP contribution in [0, 0.1) is 0 Å². The summed E-state index contributed by atoms with van der Waals surface area (Å²) in [6.07, 6.45) is 6.99. The van der Waals surface area contributed by atoms with Crippen LogP contribution in [0.15, 0.2) is 30.9 Å². The largest absolute Gasteiger partial charge is 0.481 e. The molecule has 0 saturated heterocycles. The zero-order valence-corrected chi connectivity index (χ0v) is 15.6. The maximum Gasteiger partial charge on any atom is 0.304 e. The fourth-order valence-corrected chi connectivity index (χ4v) is 5.05. The fraction of sp³-hybridized carbons (Fsp3) is 0.500. The minimum atomic E-state index is -0.698. The number of para-hydroxylation sites is 1. The Morgan fingerprint density at radius 1 is 1.44 bits per heavy atom. The molecule has 1 aromatic carbocycles. The van der Waals surface area contributed by atoms with Gasteiger partial charge in [-0.1, -0.05) is 38.1 Å². The highest BCUT2D eigenvalue weighted by molar-refractivity contribution is 5.90. The second-order valence-corrected chi connectivity index (χ2v) is 7.45. The van der Waals surface area contributed by atoms with Gasteiger partial charge in [0.25, 0.3) is 0 Å². The van der Waals surface area contributed by atoms with Gasteiger partial charge in [-0.2, -0.15) is 0 Å². The summed E-state index contributed by atoms with van der Waals surface area (Å²) < 4.78 is 2.31. The number of aromatic nitrogens is 1. The summed E-state index contributed by atoms with van der Waals surface area (Å²) in [5.74, 6) is -0.257. The van der Waals surface area contributed by atoms with Crippen LogP contribution in [0.25, 0.3) is 10.9 Å². The van der Waals surface area contributed by atoms with E-state index in [0.717, 1.165) is 32.1 Å². The van der Waals surface area contributed by atoms with E-state index in [1.807, 2.05) is 6.08 Å². The molecule has 0 saturated carbocycles. The SMILES string of the molecule is C=CC[C@H]1CC[C@@](CC)(CC(=O)O)c2c1c1cccc(CC)c1n2C. The highest BCUT2D eigenvalue weighted by atomic mass is 16.4. The average molecular weight is 339 g/mol. The quantitative estimate of drug-likeness (QED) is 0.724. The van der Waals surface area contributed by atoms with E-state index in [4.69, 9.17) is 0 Å². The number of carboxylic acid groups (broad SMARTS) is 1. The number of hydrogen-bond donors (Lipinski definition) is 1.